The summed E-state index contributed by atoms with van der Waals surface area (Å²) in [5.41, 5.74) is 5.08. The normalized spacial score (nSPS) is 16.7. The molecule has 2 amide bonds. The molecule has 2 aliphatic rings. The molecule has 4 aromatic rings. The Morgan fingerprint density at radius 3 is 2.26 bits per heavy atom. The standard InChI is InChI=1S/C37H44N6O3/c1-42-19-15-30(16-20-42)39-34(44)23-28-24-38-36-32(9-6-10-33(36)46-2)35(28)40-29-13-11-27(12-14-29)37(45)41-31-17-21-43(22-18-31)25-26-7-4-3-5-8-26/h3-14,24,30-31H,15-23,25H2,1-2H3,(H,38,40)(H,39,44)(H,41,45). The summed E-state index contributed by atoms with van der Waals surface area (Å²) >= 11 is 0. The molecular formula is C37H44N6O3. The average molecular weight is 621 g/mol. The van der Waals surface area contributed by atoms with E-state index >= 15 is 0 Å². The van der Waals surface area contributed by atoms with E-state index in [2.05, 4.69) is 62.0 Å². The lowest BCUT2D eigenvalue weighted by Crippen LogP contribution is -2.44. The number of benzene rings is 3. The van der Waals surface area contributed by atoms with E-state index < -0.39 is 0 Å². The van der Waals surface area contributed by atoms with Crippen LogP contribution in [0.15, 0.2) is 79.0 Å². The molecule has 240 valence electrons. The monoisotopic (exact) mass is 620 g/mol. The fourth-order valence-corrected chi connectivity index (χ4v) is 6.48. The number of para-hydroxylation sites is 1. The lowest BCUT2D eigenvalue weighted by atomic mass is 10.0. The smallest absolute Gasteiger partial charge is 0.251 e. The third kappa shape index (κ3) is 7.84. The maximum Gasteiger partial charge on any atom is 0.251 e. The first-order valence-corrected chi connectivity index (χ1v) is 16.3. The minimum absolute atomic E-state index is 0.0143. The Morgan fingerprint density at radius 1 is 0.848 bits per heavy atom. The van der Waals surface area contributed by atoms with Crippen molar-refractivity contribution in [1.82, 2.24) is 25.4 Å². The van der Waals surface area contributed by atoms with E-state index in [0.717, 1.165) is 86.2 Å². The van der Waals surface area contributed by atoms with Crippen LogP contribution in [0.4, 0.5) is 11.4 Å². The number of hydrogen-bond acceptors (Lipinski definition) is 7. The highest BCUT2D eigenvalue weighted by atomic mass is 16.5. The summed E-state index contributed by atoms with van der Waals surface area (Å²) in [7, 11) is 3.74. The van der Waals surface area contributed by atoms with Crippen molar-refractivity contribution in [2.75, 3.05) is 45.7 Å². The number of nitrogens with zero attached hydrogens (tertiary/aromatic N) is 3. The highest BCUT2D eigenvalue weighted by Crippen LogP contribution is 2.34. The summed E-state index contributed by atoms with van der Waals surface area (Å²) in [5, 5.41) is 10.9. The van der Waals surface area contributed by atoms with Crippen LogP contribution in [0, 0.1) is 0 Å². The van der Waals surface area contributed by atoms with E-state index in [1.165, 1.54) is 5.56 Å². The van der Waals surface area contributed by atoms with Gasteiger partial charge in [-0.25, -0.2) is 0 Å². The summed E-state index contributed by atoms with van der Waals surface area (Å²) in [5.74, 6) is 0.596. The van der Waals surface area contributed by atoms with Crippen LogP contribution in [0.5, 0.6) is 5.75 Å². The van der Waals surface area contributed by atoms with Crippen LogP contribution in [0.3, 0.4) is 0 Å². The average Bonchev–Trinajstić information content (AvgIpc) is 3.08. The molecule has 0 unspecified atom stereocenters. The molecule has 0 aliphatic carbocycles. The predicted octanol–water partition coefficient (Wildman–Crippen LogP) is 5.13. The van der Waals surface area contributed by atoms with Gasteiger partial charge in [0.05, 0.1) is 19.2 Å². The lowest BCUT2D eigenvalue weighted by molar-refractivity contribution is -0.121. The zero-order chi connectivity index (χ0) is 31.9. The van der Waals surface area contributed by atoms with Gasteiger partial charge in [-0.2, -0.15) is 0 Å². The van der Waals surface area contributed by atoms with Crippen LogP contribution in [0.1, 0.15) is 47.2 Å². The molecule has 9 heteroatoms. The topological polar surface area (TPSA) is 98.8 Å². The fraction of sp³-hybridized carbons (Fsp3) is 0.378. The van der Waals surface area contributed by atoms with Gasteiger partial charge in [0, 0.05) is 60.1 Å². The van der Waals surface area contributed by atoms with Gasteiger partial charge < -0.3 is 25.6 Å². The van der Waals surface area contributed by atoms with E-state index in [1.807, 2.05) is 48.5 Å². The molecule has 6 rings (SSSR count). The number of carbonyl (C=O) groups excluding carboxylic acids is 2. The van der Waals surface area contributed by atoms with Gasteiger partial charge in [0.15, 0.2) is 0 Å². The zero-order valence-corrected chi connectivity index (χ0v) is 26.8. The van der Waals surface area contributed by atoms with Gasteiger partial charge in [-0.05, 0) is 81.7 Å². The van der Waals surface area contributed by atoms with E-state index in [0.29, 0.717) is 11.3 Å². The summed E-state index contributed by atoms with van der Waals surface area (Å²) in [6.45, 7) is 4.84. The van der Waals surface area contributed by atoms with E-state index in [9.17, 15) is 9.59 Å². The number of pyridine rings is 1. The Morgan fingerprint density at radius 2 is 1.54 bits per heavy atom. The summed E-state index contributed by atoms with van der Waals surface area (Å²) in [6, 6.07) is 24.2. The Labute approximate surface area is 271 Å². The molecular weight excluding hydrogens is 576 g/mol. The first-order chi connectivity index (χ1) is 22.4. The molecule has 1 aromatic heterocycles. The highest BCUT2D eigenvalue weighted by Gasteiger charge is 2.22. The second-order valence-corrected chi connectivity index (χ2v) is 12.5. The maximum atomic E-state index is 13.2. The molecule has 0 saturated carbocycles. The first-order valence-electron chi connectivity index (χ1n) is 16.3. The van der Waals surface area contributed by atoms with Gasteiger partial charge >= 0.3 is 0 Å². The van der Waals surface area contributed by atoms with Gasteiger partial charge in [0.2, 0.25) is 5.91 Å². The SMILES string of the molecule is COc1cccc2c(Nc3ccc(C(=O)NC4CCN(Cc5ccccc5)CC4)cc3)c(CC(=O)NC3CCN(C)CC3)cnc12. The van der Waals surface area contributed by atoms with Crippen molar-refractivity contribution >= 4 is 34.1 Å². The number of fused-ring (bicyclic) bond motifs is 1. The van der Waals surface area contributed by atoms with Gasteiger partial charge in [0.1, 0.15) is 11.3 Å². The molecule has 0 radical (unpaired) electrons. The van der Waals surface area contributed by atoms with Gasteiger partial charge in [-0.1, -0.05) is 42.5 Å². The molecule has 0 spiro atoms. The number of ether oxygens (including phenoxy) is 1. The second kappa shape index (κ2) is 14.7. The molecule has 9 nitrogen and oxygen atoms in total. The molecule has 46 heavy (non-hydrogen) atoms. The summed E-state index contributed by atoms with van der Waals surface area (Å²) < 4.78 is 5.58. The van der Waals surface area contributed by atoms with Crippen molar-refractivity contribution in [2.24, 2.45) is 0 Å². The molecule has 3 N–H and O–H groups in total. The van der Waals surface area contributed by atoms with Crippen molar-refractivity contribution in [2.45, 2.75) is 50.7 Å². The number of piperidine rings is 2. The minimum Gasteiger partial charge on any atom is -0.494 e. The maximum absolute atomic E-state index is 13.2. The molecule has 2 saturated heterocycles. The van der Waals surface area contributed by atoms with E-state index in [-0.39, 0.29) is 30.3 Å². The van der Waals surface area contributed by atoms with Gasteiger partial charge in [-0.3, -0.25) is 19.5 Å². The fourth-order valence-electron chi connectivity index (χ4n) is 6.48. The number of amides is 2. The number of hydrogen-bond donors (Lipinski definition) is 3. The van der Waals surface area contributed by atoms with Crippen LogP contribution in [-0.2, 0) is 17.8 Å². The Hall–Kier alpha value is -4.47. The summed E-state index contributed by atoms with van der Waals surface area (Å²) in [4.78, 5) is 35.7. The van der Waals surface area contributed by atoms with Crippen LogP contribution in [-0.4, -0.2) is 79.0 Å². The Bertz CT molecular complexity index is 1630. The molecule has 3 heterocycles. The van der Waals surface area contributed by atoms with Crippen molar-refractivity contribution in [3.8, 4) is 5.75 Å². The first kappa shape index (κ1) is 31.5. The molecule has 3 aromatic carbocycles. The third-order valence-electron chi connectivity index (χ3n) is 9.18. The quantitative estimate of drug-likeness (QED) is 0.226. The number of aromatic nitrogens is 1. The van der Waals surface area contributed by atoms with Crippen molar-refractivity contribution in [3.05, 3.63) is 95.7 Å². The molecule has 2 fully saturated rings. The van der Waals surface area contributed by atoms with Crippen molar-refractivity contribution in [3.63, 3.8) is 0 Å². The largest absolute Gasteiger partial charge is 0.494 e. The second-order valence-electron chi connectivity index (χ2n) is 12.5. The molecule has 2 aliphatic heterocycles. The molecule has 0 bridgehead atoms. The lowest BCUT2D eigenvalue weighted by Gasteiger charge is -2.32. The van der Waals surface area contributed by atoms with Crippen LogP contribution in [0.2, 0.25) is 0 Å². The number of likely N-dealkylation sites (tertiary alicyclic amines) is 2. The van der Waals surface area contributed by atoms with Crippen LogP contribution in [0.25, 0.3) is 10.9 Å². The number of anilines is 2. The zero-order valence-electron chi connectivity index (χ0n) is 26.8. The third-order valence-corrected chi connectivity index (χ3v) is 9.18. The van der Waals surface area contributed by atoms with Gasteiger partial charge in [0.25, 0.3) is 5.91 Å². The number of methoxy groups -OCH3 is 1. The van der Waals surface area contributed by atoms with E-state index in [1.54, 1.807) is 13.3 Å². The van der Waals surface area contributed by atoms with Crippen molar-refractivity contribution < 1.29 is 14.3 Å². The van der Waals surface area contributed by atoms with Gasteiger partial charge in [-0.15, -0.1) is 0 Å². The minimum atomic E-state index is -0.0570. The highest BCUT2D eigenvalue weighted by molar-refractivity contribution is 5.99. The Balaban J connectivity index is 1.11. The predicted molar refractivity (Wildman–Crippen MR) is 183 cm³/mol. The number of rotatable bonds is 10. The van der Waals surface area contributed by atoms with Crippen LogP contribution >= 0.6 is 0 Å². The summed E-state index contributed by atoms with van der Waals surface area (Å²) in [6.07, 6.45) is 5.74. The van der Waals surface area contributed by atoms with E-state index in [4.69, 9.17) is 4.74 Å². The number of nitrogens with one attached hydrogen (secondary N) is 3. The molecule has 0 atom stereocenters. The number of carbonyl (C=O) groups is 2. The van der Waals surface area contributed by atoms with Crippen LogP contribution < -0.4 is 20.7 Å². The Kier molecular flexibility index (Phi) is 10.1. The van der Waals surface area contributed by atoms with Crippen molar-refractivity contribution in [1.29, 1.82) is 0 Å².